The van der Waals surface area contributed by atoms with Gasteiger partial charge in [-0.2, -0.15) is 0 Å². The summed E-state index contributed by atoms with van der Waals surface area (Å²) in [5.41, 5.74) is 2.22. The number of carbonyl (C=O) groups excluding carboxylic acids is 1. The number of benzene rings is 1. The fourth-order valence-electron chi connectivity index (χ4n) is 3.42. The van der Waals surface area contributed by atoms with Crippen LogP contribution in [0.25, 0.3) is 10.9 Å². The van der Waals surface area contributed by atoms with E-state index in [9.17, 15) is 4.79 Å². The van der Waals surface area contributed by atoms with Gasteiger partial charge in [-0.25, -0.2) is 4.79 Å². The van der Waals surface area contributed by atoms with Gasteiger partial charge in [0.25, 0.3) is 0 Å². The molecule has 136 valence electrons. The van der Waals surface area contributed by atoms with Crippen molar-refractivity contribution in [1.82, 2.24) is 15.2 Å². The summed E-state index contributed by atoms with van der Waals surface area (Å²) in [4.78, 5) is 17.5. The molecule has 0 bridgehead atoms. The van der Waals surface area contributed by atoms with Crippen molar-refractivity contribution < 1.29 is 14.3 Å². The molecule has 1 saturated heterocycles. The number of hydrogen-bond acceptors (Lipinski definition) is 3. The molecule has 0 aliphatic carbocycles. The van der Waals surface area contributed by atoms with Gasteiger partial charge in [0.1, 0.15) is 5.75 Å². The molecule has 1 aromatic carbocycles. The molecule has 2 N–H and O–H groups in total. The summed E-state index contributed by atoms with van der Waals surface area (Å²) in [7, 11) is 1.71. The zero-order chi connectivity index (χ0) is 17.6. The molecule has 3 rings (SSSR count). The number of likely N-dealkylation sites (tertiary alicyclic amines) is 1. The van der Waals surface area contributed by atoms with E-state index in [-0.39, 0.29) is 12.1 Å². The Balaban J connectivity index is 1.59. The molecule has 2 amide bonds. The zero-order valence-corrected chi connectivity index (χ0v) is 15.0. The second-order valence-electron chi connectivity index (χ2n) is 6.35. The third-order valence-electron chi connectivity index (χ3n) is 4.72. The van der Waals surface area contributed by atoms with Crippen molar-refractivity contribution in [2.45, 2.75) is 32.3 Å². The number of H-pyrrole nitrogens is 1. The molecular formula is C19H27N3O3. The monoisotopic (exact) mass is 345 g/mol. The number of fused-ring (bicyclic) bond motifs is 1. The van der Waals surface area contributed by atoms with Crippen LogP contribution in [0.3, 0.4) is 0 Å². The number of nitrogens with one attached hydrogen (secondary N) is 2. The van der Waals surface area contributed by atoms with Crippen molar-refractivity contribution in [1.29, 1.82) is 0 Å². The minimum absolute atomic E-state index is 0.00776. The molecule has 2 heterocycles. The smallest absolute Gasteiger partial charge is 0.317 e. The van der Waals surface area contributed by atoms with Crippen LogP contribution < -0.4 is 10.1 Å². The highest BCUT2D eigenvalue weighted by atomic mass is 16.5. The summed E-state index contributed by atoms with van der Waals surface area (Å²) >= 11 is 0. The molecule has 1 fully saturated rings. The van der Waals surface area contributed by atoms with Gasteiger partial charge in [-0.3, -0.25) is 0 Å². The maximum absolute atomic E-state index is 12.3. The van der Waals surface area contributed by atoms with Gasteiger partial charge in [0.15, 0.2) is 0 Å². The van der Waals surface area contributed by atoms with E-state index in [0.717, 1.165) is 48.0 Å². The van der Waals surface area contributed by atoms with Gasteiger partial charge in [-0.05, 0) is 43.9 Å². The number of methoxy groups -OCH3 is 1. The van der Waals surface area contributed by atoms with Crippen LogP contribution in [0.4, 0.5) is 4.79 Å². The fraction of sp³-hybridized carbons (Fsp3) is 0.526. The molecule has 0 unspecified atom stereocenters. The van der Waals surface area contributed by atoms with Gasteiger partial charge in [-0.1, -0.05) is 6.07 Å². The molecule has 1 aromatic heterocycles. The van der Waals surface area contributed by atoms with E-state index in [0.29, 0.717) is 19.7 Å². The van der Waals surface area contributed by atoms with Crippen LogP contribution in [-0.4, -0.2) is 55.4 Å². The Bertz CT molecular complexity index is 713. The first-order valence-electron chi connectivity index (χ1n) is 9.00. The molecule has 25 heavy (non-hydrogen) atoms. The van der Waals surface area contributed by atoms with Gasteiger partial charge in [0.2, 0.25) is 0 Å². The largest absolute Gasteiger partial charge is 0.493 e. The third kappa shape index (κ3) is 4.07. The summed E-state index contributed by atoms with van der Waals surface area (Å²) in [6.45, 7) is 4.69. The molecule has 1 aliphatic heterocycles. The van der Waals surface area contributed by atoms with E-state index in [4.69, 9.17) is 9.47 Å². The topological polar surface area (TPSA) is 66.6 Å². The molecule has 2 aromatic rings. The summed E-state index contributed by atoms with van der Waals surface area (Å²) in [6.07, 6.45) is 4.93. The number of aromatic amines is 1. The Labute approximate surface area is 148 Å². The van der Waals surface area contributed by atoms with E-state index in [1.165, 1.54) is 0 Å². The third-order valence-corrected chi connectivity index (χ3v) is 4.72. The second kappa shape index (κ2) is 8.25. The molecule has 0 spiro atoms. The molecule has 1 atom stereocenters. The Morgan fingerprint density at radius 2 is 2.32 bits per heavy atom. The van der Waals surface area contributed by atoms with Crippen LogP contribution in [0.1, 0.15) is 25.3 Å². The Hall–Kier alpha value is -2.21. The van der Waals surface area contributed by atoms with Crippen LogP contribution >= 0.6 is 0 Å². The highest BCUT2D eigenvalue weighted by Crippen LogP contribution is 2.29. The number of hydrogen-bond donors (Lipinski definition) is 2. The number of rotatable bonds is 6. The number of carbonyl (C=O) groups is 1. The predicted octanol–water partition coefficient (Wildman–Crippen LogP) is 2.93. The maximum atomic E-state index is 12.3. The summed E-state index contributed by atoms with van der Waals surface area (Å²) in [5, 5.41) is 4.14. The first kappa shape index (κ1) is 17.6. The normalized spacial score (nSPS) is 17.7. The van der Waals surface area contributed by atoms with Crippen molar-refractivity contribution in [3.05, 3.63) is 30.0 Å². The maximum Gasteiger partial charge on any atom is 0.317 e. The van der Waals surface area contributed by atoms with Crippen LogP contribution in [0.2, 0.25) is 0 Å². The van der Waals surface area contributed by atoms with Gasteiger partial charge < -0.3 is 24.7 Å². The number of urea groups is 1. The fourth-order valence-corrected chi connectivity index (χ4v) is 3.42. The van der Waals surface area contributed by atoms with E-state index in [1.54, 1.807) is 7.11 Å². The average molecular weight is 345 g/mol. The Morgan fingerprint density at radius 3 is 3.12 bits per heavy atom. The van der Waals surface area contributed by atoms with Crippen molar-refractivity contribution in [3.8, 4) is 5.75 Å². The van der Waals surface area contributed by atoms with E-state index in [1.807, 2.05) is 36.2 Å². The SMILES string of the molecule is CCOc1cccc2[nH]cc(CCNC(=O)N3CCC[C@@H](OC)C3)c12. The van der Waals surface area contributed by atoms with Crippen LogP contribution in [0, 0.1) is 0 Å². The van der Waals surface area contributed by atoms with E-state index < -0.39 is 0 Å². The number of piperidine rings is 1. The lowest BCUT2D eigenvalue weighted by atomic mass is 10.1. The minimum atomic E-state index is -0.00776. The highest BCUT2D eigenvalue weighted by Gasteiger charge is 2.23. The first-order valence-corrected chi connectivity index (χ1v) is 9.00. The number of amides is 2. The molecule has 0 saturated carbocycles. The van der Waals surface area contributed by atoms with Crippen LogP contribution in [0.15, 0.2) is 24.4 Å². The van der Waals surface area contributed by atoms with Gasteiger partial charge >= 0.3 is 6.03 Å². The average Bonchev–Trinajstić information content (AvgIpc) is 3.06. The Morgan fingerprint density at radius 1 is 1.44 bits per heavy atom. The van der Waals surface area contributed by atoms with Crippen LogP contribution in [-0.2, 0) is 11.2 Å². The minimum Gasteiger partial charge on any atom is -0.493 e. The molecular weight excluding hydrogens is 318 g/mol. The van der Waals surface area contributed by atoms with Crippen molar-refractivity contribution >= 4 is 16.9 Å². The van der Waals surface area contributed by atoms with Gasteiger partial charge in [0.05, 0.1) is 12.7 Å². The quantitative estimate of drug-likeness (QED) is 0.846. The standard InChI is InChI=1S/C19H27N3O3/c1-3-25-17-8-4-7-16-18(17)14(12-21-16)9-10-20-19(23)22-11-5-6-15(13-22)24-2/h4,7-8,12,15,21H,3,5-6,9-11,13H2,1-2H3,(H,20,23)/t15-/m1/s1. The lowest BCUT2D eigenvalue weighted by Crippen LogP contribution is -2.47. The summed E-state index contributed by atoms with van der Waals surface area (Å²) in [5.74, 6) is 0.890. The highest BCUT2D eigenvalue weighted by molar-refractivity contribution is 5.89. The van der Waals surface area contributed by atoms with Crippen molar-refractivity contribution in [2.75, 3.05) is 33.4 Å². The molecule has 0 radical (unpaired) electrons. The molecule has 6 heteroatoms. The Kier molecular flexibility index (Phi) is 5.81. The van der Waals surface area contributed by atoms with Gasteiger partial charge in [0, 0.05) is 43.8 Å². The number of nitrogens with zero attached hydrogens (tertiary/aromatic N) is 1. The van der Waals surface area contributed by atoms with E-state index in [2.05, 4.69) is 10.3 Å². The van der Waals surface area contributed by atoms with Gasteiger partial charge in [-0.15, -0.1) is 0 Å². The second-order valence-corrected chi connectivity index (χ2v) is 6.35. The van der Waals surface area contributed by atoms with Crippen LogP contribution in [0.5, 0.6) is 5.75 Å². The van der Waals surface area contributed by atoms with Crippen molar-refractivity contribution in [2.24, 2.45) is 0 Å². The lowest BCUT2D eigenvalue weighted by Gasteiger charge is -2.31. The summed E-state index contributed by atoms with van der Waals surface area (Å²) < 4.78 is 11.1. The number of ether oxygens (including phenoxy) is 2. The lowest BCUT2D eigenvalue weighted by molar-refractivity contribution is 0.0435. The van der Waals surface area contributed by atoms with Crippen molar-refractivity contribution in [3.63, 3.8) is 0 Å². The first-order chi connectivity index (χ1) is 12.2. The van der Waals surface area contributed by atoms with E-state index >= 15 is 0 Å². The number of aromatic nitrogens is 1. The predicted molar refractivity (Wildman–Crippen MR) is 98.2 cm³/mol. The molecule has 6 nitrogen and oxygen atoms in total. The summed E-state index contributed by atoms with van der Waals surface area (Å²) in [6, 6.07) is 6.00. The zero-order valence-electron chi connectivity index (χ0n) is 15.0. The molecule has 1 aliphatic rings.